The standard InChI is InChI=1S/C18H21NO3S/c1-21-13-11-16-15(17(12-13)22-2)6-3-9-19(16)18(20)8-7-14-5-4-10-23-14/h4-5,10-12H,3,6-9H2,1-2H3. The molecule has 122 valence electrons. The zero-order chi connectivity index (χ0) is 16.2. The quantitative estimate of drug-likeness (QED) is 0.839. The highest BCUT2D eigenvalue weighted by Gasteiger charge is 2.25. The van der Waals surface area contributed by atoms with E-state index >= 15 is 0 Å². The van der Waals surface area contributed by atoms with Gasteiger partial charge in [-0.1, -0.05) is 6.07 Å². The van der Waals surface area contributed by atoms with Crippen LogP contribution in [0.4, 0.5) is 5.69 Å². The number of aryl methyl sites for hydroxylation is 1. The minimum Gasteiger partial charge on any atom is -0.497 e. The van der Waals surface area contributed by atoms with E-state index < -0.39 is 0 Å². The van der Waals surface area contributed by atoms with Gasteiger partial charge in [0.15, 0.2) is 0 Å². The van der Waals surface area contributed by atoms with E-state index in [2.05, 4.69) is 6.07 Å². The molecule has 5 heteroatoms. The number of carbonyl (C=O) groups excluding carboxylic acids is 1. The summed E-state index contributed by atoms with van der Waals surface area (Å²) in [6.45, 7) is 0.757. The van der Waals surface area contributed by atoms with Crippen molar-refractivity contribution in [2.45, 2.75) is 25.7 Å². The van der Waals surface area contributed by atoms with Crippen LogP contribution in [0.3, 0.4) is 0 Å². The van der Waals surface area contributed by atoms with Crippen molar-refractivity contribution in [1.82, 2.24) is 0 Å². The summed E-state index contributed by atoms with van der Waals surface area (Å²) < 4.78 is 10.8. The van der Waals surface area contributed by atoms with Gasteiger partial charge in [-0.2, -0.15) is 0 Å². The summed E-state index contributed by atoms with van der Waals surface area (Å²) >= 11 is 1.70. The Bertz CT molecular complexity index is 682. The molecule has 23 heavy (non-hydrogen) atoms. The first-order valence-corrected chi connectivity index (χ1v) is 8.68. The maximum atomic E-state index is 12.7. The number of rotatable bonds is 5. The molecule has 0 saturated heterocycles. The van der Waals surface area contributed by atoms with Gasteiger partial charge >= 0.3 is 0 Å². The van der Waals surface area contributed by atoms with Crippen LogP contribution in [0.15, 0.2) is 29.6 Å². The third kappa shape index (κ3) is 3.34. The lowest BCUT2D eigenvalue weighted by molar-refractivity contribution is -0.118. The second-order valence-electron chi connectivity index (χ2n) is 5.56. The van der Waals surface area contributed by atoms with Crippen LogP contribution in [-0.4, -0.2) is 26.7 Å². The number of amides is 1. The molecule has 3 rings (SSSR count). The number of anilines is 1. The van der Waals surface area contributed by atoms with Gasteiger partial charge in [0.2, 0.25) is 5.91 Å². The molecule has 0 N–H and O–H groups in total. The average molecular weight is 331 g/mol. The molecule has 4 nitrogen and oxygen atoms in total. The highest BCUT2D eigenvalue weighted by molar-refractivity contribution is 7.09. The minimum absolute atomic E-state index is 0.162. The lowest BCUT2D eigenvalue weighted by Crippen LogP contribution is -2.35. The predicted molar refractivity (Wildman–Crippen MR) is 92.9 cm³/mol. The van der Waals surface area contributed by atoms with E-state index in [-0.39, 0.29) is 5.91 Å². The summed E-state index contributed by atoms with van der Waals surface area (Å²) in [6.07, 6.45) is 3.21. The van der Waals surface area contributed by atoms with Crippen molar-refractivity contribution >= 4 is 22.9 Å². The molecule has 1 aliphatic rings. The molecule has 0 saturated carbocycles. The first-order valence-electron chi connectivity index (χ1n) is 7.80. The first kappa shape index (κ1) is 15.9. The second kappa shape index (κ2) is 7.04. The lowest BCUT2D eigenvalue weighted by atomic mass is 9.99. The first-order chi connectivity index (χ1) is 11.2. The van der Waals surface area contributed by atoms with Crippen LogP contribution in [0.25, 0.3) is 0 Å². The molecule has 0 atom stereocenters. The fourth-order valence-electron chi connectivity index (χ4n) is 3.01. The Morgan fingerprint density at radius 3 is 2.87 bits per heavy atom. The van der Waals surface area contributed by atoms with Gasteiger partial charge in [0.05, 0.1) is 19.9 Å². The largest absolute Gasteiger partial charge is 0.497 e. The van der Waals surface area contributed by atoms with Gasteiger partial charge in [0.25, 0.3) is 0 Å². The summed E-state index contributed by atoms with van der Waals surface area (Å²) in [5.41, 5.74) is 2.03. The maximum Gasteiger partial charge on any atom is 0.227 e. The Morgan fingerprint density at radius 1 is 1.30 bits per heavy atom. The summed E-state index contributed by atoms with van der Waals surface area (Å²) in [5, 5.41) is 2.05. The fourth-order valence-corrected chi connectivity index (χ4v) is 3.72. The second-order valence-corrected chi connectivity index (χ2v) is 6.59. The van der Waals surface area contributed by atoms with Gasteiger partial charge in [-0.3, -0.25) is 4.79 Å². The van der Waals surface area contributed by atoms with Crippen LogP contribution in [0.5, 0.6) is 11.5 Å². The van der Waals surface area contributed by atoms with E-state index in [0.717, 1.165) is 48.6 Å². The van der Waals surface area contributed by atoms with Crippen LogP contribution in [0.2, 0.25) is 0 Å². The lowest BCUT2D eigenvalue weighted by Gasteiger charge is -2.31. The van der Waals surface area contributed by atoms with Crippen LogP contribution in [0.1, 0.15) is 23.3 Å². The molecular weight excluding hydrogens is 310 g/mol. The molecule has 0 aliphatic carbocycles. The van der Waals surface area contributed by atoms with Crippen molar-refractivity contribution in [2.75, 3.05) is 25.7 Å². The van der Waals surface area contributed by atoms with E-state index in [4.69, 9.17) is 9.47 Å². The third-order valence-electron chi connectivity index (χ3n) is 4.18. The third-order valence-corrected chi connectivity index (χ3v) is 5.12. The van der Waals surface area contributed by atoms with Crippen molar-refractivity contribution in [2.24, 2.45) is 0 Å². The molecule has 0 fully saturated rings. The molecule has 1 aromatic heterocycles. The van der Waals surface area contributed by atoms with Crippen molar-refractivity contribution in [3.8, 4) is 11.5 Å². The highest BCUT2D eigenvalue weighted by atomic mass is 32.1. The number of fused-ring (bicyclic) bond motifs is 1. The van der Waals surface area contributed by atoms with Crippen LogP contribution in [-0.2, 0) is 17.6 Å². The number of nitrogens with zero attached hydrogens (tertiary/aromatic N) is 1. The van der Waals surface area contributed by atoms with Gasteiger partial charge < -0.3 is 14.4 Å². The highest BCUT2D eigenvalue weighted by Crippen LogP contribution is 2.38. The van der Waals surface area contributed by atoms with E-state index in [1.807, 2.05) is 28.5 Å². The molecule has 0 bridgehead atoms. The van der Waals surface area contributed by atoms with Crippen molar-refractivity contribution in [3.05, 3.63) is 40.1 Å². The van der Waals surface area contributed by atoms with Crippen LogP contribution >= 0.6 is 11.3 Å². The summed E-state index contributed by atoms with van der Waals surface area (Å²) in [6, 6.07) is 7.93. The summed E-state index contributed by atoms with van der Waals surface area (Å²) in [5.74, 6) is 1.68. The topological polar surface area (TPSA) is 38.8 Å². The Hall–Kier alpha value is -2.01. The molecule has 0 unspecified atom stereocenters. The van der Waals surface area contributed by atoms with Crippen LogP contribution < -0.4 is 14.4 Å². The molecule has 2 heterocycles. The zero-order valence-corrected chi connectivity index (χ0v) is 14.3. The minimum atomic E-state index is 0.162. The predicted octanol–water partition coefficient (Wildman–Crippen LogP) is 3.68. The number of hydrogen-bond acceptors (Lipinski definition) is 4. The summed E-state index contributed by atoms with van der Waals surface area (Å²) in [7, 11) is 3.29. The van der Waals surface area contributed by atoms with Gasteiger partial charge in [-0.15, -0.1) is 11.3 Å². The monoisotopic (exact) mass is 331 g/mol. The van der Waals surface area contributed by atoms with Gasteiger partial charge in [0, 0.05) is 35.5 Å². The maximum absolute atomic E-state index is 12.7. The van der Waals surface area contributed by atoms with Crippen molar-refractivity contribution < 1.29 is 14.3 Å². The molecular formula is C18H21NO3S. The molecule has 2 aromatic rings. The number of thiophene rings is 1. The van der Waals surface area contributed by atoms with Crippen molar-refractivity contribution in [3.63, 3.8) is 0 Å². The number of carbonyl (C=O) groups is 1. The van der Waals surface area contributed by atoms with Gasteiger partial charge in [-0.05, 0) is 30.7 Å². The Kier molecular flexibility index (Phi) is 4.86. The Balaban J connectivity index is 1.83. The zero-order valence-electron chi connectivity index (χ0n) is 13.5. The smallest absolute Gasteiger partial charge is 0.227 e. The molecule has 1 aliphatic heterocycles. The van der Waals surface area contributed by atoms with E-state index in [1.165, 1.54) is 4.88 Å². The van der Waals surface area contributed by atoms with Crippen molar-refractivity contribution in [1.29, 1.82) is 0 Å². The van der Waals surface area contributed by atoms with E-state index in [9.17, 15) is 4.79 Å². The molecule has 1 amide bonds. The molecule has 0 radical (unpaired) electrons. The number of hydrogen-bond donors (Lipinski definition) is 0. The van der Waals surface area contributed by atoms with Gasteiger partial charge in [-0.25, -0.2) is 0 Å². The Labute approximate surface area is 140 Å². The molecule has 0 spiro atoms. The van der Waals surface area contributed by atoms with E-state index in [1.54, 1.807) is 25.6 Å². The van der Waals surface area contributed by atoms with Gasteiger partial charge in [0.1, 0.15) is 11.5 Å². The number of methoxy groups -OCH3 is 2. The SMILES string of the molecule is COc1cc(OC)c2c(c1)N(C(=O)CCc1cccs1)CCC2. The normalized spacial score (nSPS) is 13.6. The fraction of sp³-hybridized carbons (Fsp3) is 0.389. The van der Waals surface area contributed by atoms with Crippen LogP contribution in [0, 0.1) is 0 Å². The van der Waals surface area contributed by atoms with E-state index in [0.29, 0.717) is 6.42 Å². The average Bonchev–Trinajstić information content (AvgIpc) is 3.11. The summed E-state index contributed by atoms with van der Waals surface area (Å²) in [4.78, 5) is 15.8. The molecule has 1 aromatic carbocycles. The number of benzene rings is 1. The Morgan fingerprint density at radius 2 is 2.17 bits per heavy atom. The number of ether oxygens (including phenoxy) is 2.